The molecule has 1 aromatic rings. The highest BCUT2D eigenvalue weighted by molar-refractivity contribution is 5.93. The molecule has 0 fully saturated rings. The number of anilines is 1. The van der Waals surface area contributed by atoms with Gasteiger partial charge in [0.05, 0.1) is 17.4 Å². The molecule has 0 bridgehead atoms. The molecule has 0 saturated carbocycles. The molecule has 4 N–H and O–H groups in total. The van der Waals surface area contributed by atoms with Crippen molar-refractivity contribution in [1.29, 1.82) is 5.26 Å². The summed E-state index contributed by atoms with van der Waals surface area (Å²) in [4.78, 5) is 22.4. The molecule has 19 heavy (non-hydrogen) atoms. The minimum absolute atomic E-state index is 0.251. The van der Waals surface area contributed by atoms with Crippen LogP contribution < -0.4 is 10.6 Å². The number of aliphatic carboxylic acids is 1. The van der Waals surface area contributed by atoms with Crippen molar-refractivity contribution in [2.45, 2.75) is 19.1 Å². The third-order valence-electron chi connectivity index (χ3n) is 2.33. The van der Waals surface area contributed by atoms with Gasteiger partial charge in [-0.25, -0.2) is 9.59 Å². The Kier molecular flexibility index (Phi) is 4.85. The Balaban J connectivity index is 2.75. The summed E-state index contributed by atoms with van der Waals surface area (Å²) in [6.07, 6.45) is -1.24. The number of aliphatic hydroxyl groups is 1. The molecular formula is C12H13N3O4. The van der Waals surface area contributed by atoms with Crippen molar-refractivity contribution in [3.63, 3.8) is 0 Å². The number of carbonyl (C=O) groups excluding carboxylic acids is 1. The highest BCUT2D eigenvalue weighted by Crippen LogP contribution is 2.13. The average Bonchev–Trinajstić information content (AvgIpc) is 2.36. The number of hydrogen-bond donors (Lipinski definition) is 4. The summed E-state index contributed by atoms with van der Waals surface area (Å²) in [5.41, 5.74) is 0.513. The Hall–Kier alpha value is -2.59. The molecule has 7 nitrogen and oxygen atoms in total. The van der Waals surface area contributed by atoms with Crippen LogP contribution in [0.4, 0.5) is 10.5 Å². The van der Waals surface area contributed by atoms with Gasteiger partial charge in [0.25, 0.3) is 0 Å². The summed E-state index contributed by atoms with van der Waals surface area (Å²) in [5, 5.41) is 31.3. The molecule has 0 aliphatic carbocycles. The molecule has 2 amide bonds. The Bertz CT molecular complexity index is 522. The summed E-state index contributed by atoms with van der Waals surface area (Å²) < 4.78 is 0. The van der Waals surface area contributed by atoms with Crippen LogP contribution in [0, 0.1) is 11.3 Å². The molecule has 0 unspecified atom stereocenters. The molecule has 0 radical (unpaired) electrons. The lowest BCUT2D eigenvalue weighted by Crippen LogP contribution is -2.49. The maximum atomic E-state index is 11.6. The van der Waals surface area contributed by atoms with Crippen LogP contribution in [0.5, 0.6) is 0 Å². The zero-order valence-electron chi connectivity index (χ0n) is 10.1. The van der Waals surface area contributed by atoms with Crippen molar-refractivity contribution in [2.75, 3.05) is 5.32 Å². The van der Waals surface area contributed by atoms with Crippen LogP contribution in [0.15, 0.2) is 24.3 Å². The Morgan fingerprint density at radius 2 is 2.00 bits per heavy atom. The van der Waals surface area contributed by atoms with Crippen LogP contribution in [0.2, 0.25) is 0 Å². The maximum absolute atomic E-state index is 11.6. The number of aliphatic hydroxyl groups excluding tert-OH is 1. The molecule has 100 valence electrons. The second-order valence-electron chi connectivity index (χ2n) is 3.81. The van der Waals surface area contributed by atoms with Crippen LogP contribution in [0.25, 0.3) is 0 Å². The van der Waals surface area contributed by atoms with E-state index in [0.717, 1.165) is 0 Å². The Morgan fingerprint density at radius 1 is 1.37 bits per heavy atom. The number of para-hydroxylation sites is 1. The van der Waals surface area contributed by atoms with Gasteiger partial charge in [-0.15, -0.1) is 0 Å². The number of rotatable bonds is 4. The largest absolute Gasteiger partial charge is 0.480 e. The van der Waals surface area contributed by atoms with Crippen LogP contribution >= 0.6 is 0 Å². The van der Waals surface area contributed by atoms with Crippen molar-refractivity contribution in [3.05, 3.63) is 29.8 Å². The molecule has 0 spiro atoms. The van der Waals surface area contributed by atoms with Gasteiger partial charge in [0.15, 0.2) is 6.04 Å². The summed E-state index contributed by atoms with van der Waals surface area (Å²) in [7, 11) is 0. The summed E-state index contributed by atoms with van der Waals surface area (Å²) in [6, 6.07) is 5.94. The van der Waals surface area contributed by atoms with E-state index in [4.69, 9.17) is 10.4 Å². The van der Waals surface area contributed by atoms with Gasteiger partial charge in [0.1, 0.15) is 6.07 Å². The molecule has 0 aliphatic heterocycles. The lowest BCUT2D eigenvalue weighted by Gasteiger charge is -2.17. The van der Waals surface area contributed by atoms with Crippen LogP contribution in [0.3, 0.4) is 0 Å². The molecule has 0 saturated heterocycles. The number of urea groups is 1. The third-order valence-corrected chi connectivity index (χ3v) is 2.33. The van der Waals surface area contributed by atoms with Crippen LogP contribution in [0.1, 0.15) is 12.5 Å². The molecular weight excluding hydrogens is 250 g/mol. The van der Waals surface area contributed by atoms with Crippen molar-refractivity contribution in [1.82, 2.24) is 5.32 Å². The number of nitriles is 1. The van der Waals surface area contributed by atoms with Gasteiger partial charge in [-0.05, 0) is 19.1 Å². The third kappa shape index (κ3) is 3.97. The van der Waals surface area contributed by atoms with Gasteiger partial charge < -0.3 is 20.8 Å². The summed E-state index contributed by atoms with van der Waals surface area (Å²) in [6.45, 7) is 1.25. The second kappa shape index (κ2) is 6.37. The molecule has 7 heteroatoms. The lowest BCUT2D eigenvalue weighted by atomic mass is 10.2. The lowest BCUT2D eigenvalue weighted by molar-refractivity contribution is -0.141. The van der Waals surface area contributed by atoms with Crippen molar-refractivity contribution < 1.29 is 19.8 Å². The number of carboxylic acid groups (broad SMARTS) is 1. The van der Waals surface area contributed by atoms with Gasteiger partial charge in [-0.3, -0.25) is 0 Å². The normalized spacial score (nSPS) is 12.9. The molecule has 0 aromatic heterocycles. The quantitative estimate of drug-likeness (QED) is 0.630. The number of amides is 2. The molecule has 0 aliphatic rings. The zero-order chi connectivity index (χ0) is 14.4. The van der Waals surface area contributed by atoms with E-state index < -0.39 is 24.1 Å². The number of benzene rings is 1. The molecule has 1 aromatic carbocycles. The van der Waals surface area contributed by atoms with E-state index in [9.17, 15) is 14.7 Å². The van der Waals surface area contributed by atoms with E-state index in [1.807, 2.05) is 6.07 Å². The highest BCUT2D eigenvalue weighted by Gasteiger charge is 2.25. The van der Waals surface area contributed by atoms with Crippen LogP contribution in [-0.2, 0) is 4.79 Å². The fourth-order valence-electron chi connectivity index (χ4n) is 1.38. The maximum Gasteiger partial charge on any atom is 0.328 e. The number of nitrogens with zero attached hydrogens (tertiary/aromatic N) is 1. The minimum Gasteiger partial charge on any atom is -0.480 e. The molecule has 2 atom stereocenters. The first-order valence-electron chi connectivity index (χ1n) is 5.43. The summed E-state index contributed by atoms with van der Waals surface area (Å²) >= 11 is 0. The van der Waals surface area contributed by atoms with E-state index in [0.29, 0.717) is 0 Å². The predicted molar refractivity (Wildman–Crippen MR) is 66.4 cm³/mol. The van der Waals surface area contributed by atoms with E-state index in [1.54, 1.807) is 12.1 Å². The van der Waals surface area contributed by atoms with Gasteiger partial charge in [-0.1, -0.05) is 12.1 Å². The van der Waals surface area contributed by atoms with E-state index >= 15 is 0 Å². The molecule has 1 rings (SSSR count). The number of nitrogens with one attached hydrogen (secondary N) is 2. The minimum atomic E-state index is -1.42. The second-order valence-corrected chi connectivity index (χ2v) is 3.81. The van der Waals surface area contributed by atoms with Gasteiger partial charge >= 0.3 is 12.0 Å². The van der Waals surface area contributed by atoms with Gasteiger partial charge in [0.2, 0.25) is 0 Å². The highest BCUT2D eigenvalue weighted by atomic mass is 16.4. The number of hydrogen-bond acceptors (Lipinski definition) is 4. The predicted octanol–water partition coefficient (Wildman–Crippen LogP) is 0.514. The van der Waals surface area contributed by atoms with Crippen LogP contribution in [-0.4, -0.2) is 34.4 Å². The van der Waals surface area contributed by atoms with Crippen molar-refractivity contribution >= 4 is 17.7 Å². The Labute approximate surface area is 109 Å². The molecule has 0 heterocycles. The number of carboxylic acids is 1. The SMILES string of the molecule is C[C@@H](O)[C@H](NC(=O)Nc1ccccc1C#N)C(=O)O. The smallest absolute Gasteiger partial charge is 0.328 e. The van der Waals surface area contributed by atoms with Gasteiger partial charge in [-0.2, -0.15) is 5.26 Å². The van der Waals surface area contributed by atoms with E-state index in [-0.39, 0.29) is 11.3 Å². The first-order valence-corrected chi connectivity index (χ1v) is 5.43. The standard InChI is InChI=1S/C12H13N3O4/c1-7(16)10(11(17)18)15-12(19)14-9-5-3-2-4-8(9)6-13/h2-5,7,10,16H,1H3,(H,17,18)(H2,14,15,19)/t7-,10+/m1/s1. The monoisotopic (exact) mass is 263 g/mol. The van der Waals surface area contributed by atoms with Crippen molar-refractivity contribution in [3.8, 4) is 6.07 Å². The Morgan fingerprint density at radius 3 is 2.53 bits per heavy atom. The van der Waals surface area contributed by atoms with Crippen molar-refractivity contribution in [2.24, 2.45) is 0 Å². The van der Waals surface area contributed by atoms with Gasteiger partial charge in [0, 0.05) is 0 Å². The van der Waals surface area contributed by atoms with E-state index in [2.05, 4.69) is 10.6 Å². The first-order chi connectivity index (χ1) is 8.95. The fraction of sp³-hybridized carbons (Fsp3) is 0.250. The topological polar surface area (TPSA) is 122 Å². The average molecular weight is 263 g/mol. The number of carbonyl (C=O) groups is 2. The van der Waals surface area contributed by atoms with E-state index in [1.165, 1.54) is 19.1 Å². The first kappa shape index (κ1) is 14.5. The summed E-state index contributed by atoms with van der Waals surface area (Å²) in [5.74, 6) is -1.35. The fourth-order valence-corrected chi connectivity index (χ4v) is 1.38. The zero-order valence-corrected chi connectivity index (χ0v) is 10.1.